The van der Waals surface area contributed by atoms with E-state index in [0.29, 0.717) is 6.42 Å². The van der Waals surface area contributed by atoms with Crippen LogP contribution >= 0.6 is 7.82 Å². The molecule has 0 amide bonds. The summed E-state index contributed by atoms with van der Waals surface area (Å²) in [6.07, 6.45) is -1.41. The lowest BCUT2D eigenvalue weighted by Crippen LogP contribution is -2.46. The Morgan fingerprint density at radius 2 is 2.08 bits per heavy atom. The van der Waals surface area contributed by atoms with Gasteiger partial charge in [0.25, 0.3) is 6.23 Å². The second-order valence-corrected chi connectivity index (χ2v) is 6.75. The van der Waals surface area contributed by atoms with Crippen LogP contribution in [-0.4, -0.2) is 57.5 Å². The van der Waals surface area contributed by atoms with E-state index in [9.17, 15) is 19.6 Å². The molecular formula is C14H21NO9P+. The number of ether oxygens (including phenoxy) is 2. The molecule has 1 fully saturated rings. The first-order valence-corrected chi connectivity index (χ1v) is 9.15. The summed E-state index contributed by atoms with van der Waals surface area (Å²) in [5, 5.41) is 20.1. The van der Waals surface area contributed by atoms with Gasteiger partial charge in [0.05, 0.1) is 13.2 Å². The summed E-state index contributed by atoms with van der Waals surface area (Å²) in [5.41, 5.74) is 0.233. The van der Waals surface area contributed by atoms with E-state index < -0.39 is 44.9 Å². The van der Waals surface area contributed by atoms with Crippen LogP contribution in [0.2, 0.25) is 0 Å². The van der Waals surface area contributed by atoms with Crippen molar-refractivity contribution in [2.75, 3.05) is 13.2 Å². The number of esters is 1. The van der Waals surface area contributed by atoms with Crippen molar-refractivity contribution in [1.29, 1.82) is 0 Å². The Morgan fingerprint density at radius 3 is 2.72 bits per heavy atom. The molecule has 0 bridgehead atoms. The Kier molecular flexibility index (Phi) is 6.64. The number of phosphoric ester groups is 1. The van der Waals surface area contributed by atoms with Gasteiger partial charge in [-0.2, -0.15) is 4.57 Å². The highest BCUT2D eigenvalue weighted by Crippen LogP contribution is 2.37. The van der Waals surface area contributed by atoms with Crippen LogP contribution in [0, 0.1) is 0 Å². The Hall–Kier alpha value is -1.39. The van der Waals surface area contributed by atoms with E-state index in [0.717, 1.165) is 0 Å². The van der Waals surface area contributed by atoms with E-state index in [1.54, 1.807) is 6.07 Å². The normalized spacial score (nSPS) is 26.6. The molecule has 2 rings (SSSR count). The third kappa shape index (κ3) is 5.29. The molecule has 0 saturated carbocycles. The number of phosphoric acid groups is 1. The first-order valence-electron chi connectivity index (χ1n) is 7.62. The van der Waals surface area contributed by atoms with Gasteiger partial charge >= 0.3 is 13.8 Å². The molecule has 1 unspecified atom stereocenters. The second kappa shape index (κ2) is 8.33. The maximum atomic E-state index is 11.9. The van der Waals surface area contributed by atoms with Gasteiger partial charge in [0.15, 0.2) is 18.5 Å². The summed E-state index contributed by atoms with van der Waals surface area (Å²) in [5.74, 6) is -0.536. The summed E-state index contributed by atoms with van der Waals surface area (Å²) in [7, 11) is -4.73. The Morgan fingerprint density at radius 1 is 1.36 bits per heavy atom. The smallest absolute Gasteiger partial charge is 0.462 e. The van der Waals surface area contributed by atoms with Crippen molar-refractivity contribution >= 4 is 13.8 Å². The van der Waals surface area contributed by atoms with E-state index in [1.165, 1.54) is 23.0 Å². The molecule has 10 nitrogen and oxygen atoms in total. The van der Waals surface area contributed by atoms with Gasteiger partial charge < -0.3 is 29.5 Å². The monoisotopic (exact) mass is 378 g/mol. The topological polar surface area (TPSA) is 147 Å². The van der Waals surface area contributed by atoms with E-state index >= 15 is 0 Å². The van der Waals surface area contributed by atoms with Crippen molar-refractivity contribution in [2.45, 2.75) is 37.9 Å². The van der Waals surface area contributed by atoms with Crippen LogP contribution in [-0.2, 0) is 18.6 Å². The van der Waals surface area contributed by atoms with E-state index in [-0.39, 0.29) is 12.2 Å². The zero-order chi connectivity index (χ0) is 18.6. The molecule has 4 N–H and O–H groups in total. The standard InChI is InChI=1S/C14H20NO9P/c1-2-6-22-14(18)9-4-3-5-15(7-9)13-12(17)11(16)10(24-13)8-23-25(19,20)21/h3-5,7,10-13,16-17H,2,6,8H2,1H3,(H-,19,20,21)/p+1/t10-,11?,12+,13-/m1/s1. The van der Waals surface area contributed by atoms with Crippen molar-refractivity contribution in [3.63, 3.8) is 0 Å². The number of rotatable bonds is 7. The molecule has 1 aliphatic heterocycles. The number of pyridine rings is 1. The lowest BCUT2D eigenvalue weighted by atomic mass is 10.1. The molecule has 0 radical (unpaired) electrons. The van der Waals surface area contributed by atoms with E-state index in [1.807, 2.05) is 6.92 Å². The van der Waals surface area contributed by atoms with Gasteiger partial charge in [-0.1, -0.05) is 6.92 Å². The quantitative estimate of drug-likeness (QED) is 0.274. The lowest BCUT2D eigenvalue weighted by Gasteiger charge is -2.13. The Labute approximate surface area is 143 Å². The number of hydrogen-bond donors (Lipinski definition) is 4. The Bertz CT molecular complexity index is 649. The number of aliphatic hydroxyl groups is 2. The molecule has 0 spiro atoms. The van der Waals surface area contributed by atoms with Crippen LogP contribution < -0.4 is 4.57 Å². The molecule has 25 heavy (non-hydrogen) atoms. The molecule has 1 aromatic heterocycles. The predicted molar refractivity (Wildman–Crippen MR) is 81.1 cm³/mol. The second-order valence-electron chi connectivity index (χ2n) is 5.51. The van der Waals surface area contributed by atoms with Crippen LogP contribution in [0.15, 0.2) is 24.5 Å². The Balaban J connectivity index is 2.10. The molecular weight excluding hydrogens is 357 g/mol. The van der Waals surface area contributed by atoms with Gasteiger partial charge in [0.1, 0.15) is 17.8 Å². The third-order valence-electron chi connectivity index (χ3n) is 3.53. The summed E-state index contributed by atoms with van der Waals surface area (Å²) >= 11 is 0. The lowest BCUT2D eigenvalue weighted by molar-refractivity contribution is -0.765. The number of carbonyl (C=O) groups is 1. The minimum Gasteiger partial charge on any atom is -0.462 e. The van der Waals surface area contributed by atoms with Crippen LogP contribution in [0.4, 0.5) is 0 Å². The molecule has 11 heteroatoms. The minimum atomic E-state index is -4.73. The fourth-order valence-corrected chi connectivity index (χ4v) is 2.67. The number of aromatic nitrogens is 1. The number of hydrogen-bond acceptors (Lipinski definition) is 7. The van der Waals surface area contributed by atoms with Crippen molar-refractivity contribution in [2.24, 2.45) is 0 Å². The van der Waals surface area contributed by atoms with E-state index in [2.05, 4.69) is 4.52 Å². The highest BCUT2D eigenvalue weighted by Gasteiger charge is 2.49. The van der Waals surface area contributed by atoms with Gasteiger partial charge in [-0.3, -0.25) is 4.52 Å². The molecule has 2 heterocycles. The zero-order valence-corrected chi connectivity index (χ0v) is 14.4. The maximum absolute atomic E-state index is 11.9. The highest BCUT2D eigenvalue weighted by molar-refractivity contribution is 7.46. The molecule has 1 saturated heterocycles. The van der Waals surface area contributed by atoms with Gasteiger partial charge in [-0.25, -0.2) is 9.36 Å². The SMILES string of the molecule is CCCOC(=O)c1ccc[n+]([C@@H]2O[C@H](COP(=O)(O)O)C(O)[C@@H]2O)c1. The van der Waals surface area contributed by atoms with E-state index in [4.69, 9.17) is 19.3 Å². The predicted octanol–water partition coefficient (Wildman–Crippen LogP) is -0.731. The largest absolute Gasteiger partial charge is 0.469 e. The molecule has 0 aliphatic carbocycles. The number of carbonyl (C=O) groups excluding carboxylic acids is 1. The van der Waals surface area contributed by atoms with Gasteiger partial charge in [-0.15, -0.1) is 0 Å². The van der Waals surface area contributed by atoms with Crippen LogP contribution in [0.25, 0.3) is 0 Å². The molecule has 4 atom stereocenters. The molecule has 1 aromatic rings. The maximum Gasteiger partial charge on any atom is 0.469 e. The van der Waals surface area contributed by atoms with Crippen molar-refractivity contribution < 1.29 is 47.9 Å². The van der Waals surface area contributed by atoms with Gasteiger partial charge in [0, 0.05) is 6.07 Å². The van der Waals surface area contributed by atoms with Gasteiger partial charge in [-0.05, 0) is 12.5 Å². The number of aliphatic hydroxyl groups excluding tert-OH is 2. The summed E-state index contributed by atoms with van der Waals surface area (Å²) in [6.45, 7) is 1.54. The molecule has 0 aromatic carbocycles. The van der Waals surface area contributed by atoms with Crippen LogP contribution in [0.5, 0.6) is 0 Å². The molecule has 1 aliphatic rings. The summed E-state index contributed by atoms with van der Waals surface area (Å²) < 4.78 is 26.9. The summed E-state index contributed by atoms with van der Waals surface area (Å²) in [6, 6.07) is 3.07. The minimum absolute atomic E-state index is 0.233. The van der Waals surface area contributed by atoms with Gasteiger partial charge in [0.2, 0.25) is 0 Å². The van der Waals surface area contributed by atoms with Crippen molar-refractivity contribution in [3.8, 4) is 0 Å². The molecule has 140 valence electrons. The number of nitrogens with zero attached hydrogens (tertiary/aromatic N) is 1. The first-order chi connectivity index (χ1) is 11.7. The highest BCUT2D eigenvalue weighted by atomic mass is 31.2. The zero-order valence-electron chi connectivity index (χ0n) is 13.5. The van der Waals surface area contributed by atoms with Crippen molar-refractivity contribution in [1.82, 2.24) is 0 Å². The average Bonchev–Trinajstić information content (AvgIpc) is 2.85. The fourth-order valence-electron chi connectivity index (χ4n) is 2.33. The third-order valence-corrected chi connectivity index (χ3v) is 4.02. The fraction of sp³-hybridized carbons (Fsp3) is 0.571. The van der Waals surface area contributed by atoms with Crippen molar-refractivity contribution in [3.05, 3.63) is 30.1 Å². The average molecular weight is 378 g/mol. The summed E-state index contributed by atoms with van der Waals surface area (Å²) in [4.78, 5) is 29.3. The van der Waals surface area contributed by atoms with Crippen LogP contribution in [0.3, 0.4) is 0 Å². The van der Waals surface area contributed by atoms with Crippen LogP contribution in [0.1, 0.15) is 29.9 Å². The first kappa shape index (κ1) is 19.9.